The molecule has 94 valence electrons. The van der Waals surface area contributed by atoms with Crippen molar-refractivity contribution in [3.8, 4) is 0 Å². The van der Waals surface area contributed by atoms with Crippen molar-refractivity contribution in [2.75, 3.05) is 19.6 Å². The first-order chi connectivity index (χ1) is 8.16. The van der Waals surface area contributed by atoms with E-state index >= 15 is 0 Å². The van der Waals surface area contributed by atoms with Gasteiger partial charge in [-0.15, -0.1) is 0 Å². The van der Waals surface area contributed by atoms with Gasteiger partial charge < -0.3 is 5.32 Å². The van der Waals surface area contributed by atoms with Gasteiger partial charge in [0.25, 0.3) is 0 Å². The molecule has 1 aliphatic heterocycles. The molecule has 0 radical (unpaired) electrons. The highest BCUT2D eigenvalue weighted by Crippen LogP contribution is 2.16. The van der Waals surface area contributed by atoms with Gasteiger partial charge in [0.05, 0.1) is 0 Å². The summed E-state index contributed by atoms with van der Waals surface area (Å²) in [6.45, 7) is 8.30. The van der Waals surface area contributed by atoms with Crippen molar-refractivity contribution in [3.05, 3.63) is 35.1 Å². The van der Waals surface area contributed by atoms with E-state index in [9.17, 15) is 4.39 Å². The van der Waals surface area contributed by atoms with Crippen LogP contribution in [-0.4, -0.2) is 30.6 Å². The lowest BCUT2D eigenvalue weighted by molar-refractivity contribution is 0.211. The minimum Gasteiger partial charge on any atom is -0.315 e. The van der Waals surface area contributed by atoms with Gasteiger partial charge in [-0.25, -0.2) is 4.39 Å². The quantitative estimate of drug-likeness (QED) is 0.847. The molecule has 1 aromatic rings. The second-order valence-corrected chi connectivity index (χ2v) is 4.93. The average Bonchev–Trinajstić information content (AvgIpc) is 2.50. The van der Waals surface area contributed by atoms with Crippen LogP contribution < -0.4 is 5.32 Å². The van der Waals surface area contributed by atoms with Gasteiger partial charge in [-0.1, -0.05) is 6.07 Å². The Balaban J connectivity index is 2.10. The third-order valence-corrected chi connectivity index (χ3v) is 3.62. The number of aryl methyl sites for hydroxylation is 1. The first-order valence-electron chi connectivity index (χ1n) is 6.36. The molecule has 0 aliphatic carbocycles. The molecule has 1 aromatic carbocycles. The van der Waals surface area contributed by atoms with Gasteiger partial charge in [0.15, 0.2) is 0 Å². The Morgan fingerprint density at radius 1 is 1.41 bits per heavy atom. The third kappa shape index (κ3) is 3.27. The van der Waals surface area contributed by atoms with Gasteiger partial charge in [-0.3, -0.25) is 4.90 Å². The van der Waals surface area contributed by atoms with Crippen LogP contribution >= 0.6 is 0 Å². The topological polar surface area (TPSA) is 15.3 Å². The van der Waals surface area contributed by atoms with Gasteiger partial charge in [0.2, 0.25) is 0 Å². The number of hydrogen-bond donors (Lipinski definition) is 1. The van der Waals surface area contributed by atoms with E-state index < -0.39 is 0 Å². The maximum Gasteiger partial charge on any atom is 0.123 e. The Morgan fingerprint density at radius 2 is 2.24 bits per heavy atom. The maximum absolute atomic E-state index is 13.2. The van der Waals surface area contributed by atoms with E-state index in [1.807, 2.05) is 6.07 Å². The summed E-state index contributed by atoms with van der Waals surface area (Å²) in [4.78, 5) is 2.43. The molecule has 0 saturated carbocycles. The molecule has 1 unspecified atom stereocenters. The first kappa shape index (κ1) is 12.5. The van der Waals surface area contributed by atoms with Gasteiger partial charge >= 0.3 is 0 Å². The van der Waals surface area contributed by atoms with Gasteiger partial charge in [-0.2, -0.15) is 0 Å². The van der Waals surface area contributed by atoms with Crippen molar-refractivity contribution in [1.29, 1.82) is 0 Å². The molecular formula is C14H21FN2. The van der Waals surface area contributed by atoms with Crippen LogP contribution in [0.1, 0.15) is 24.5 Å². The largest absolute Gasteiger partial charge is 0.315 e. The van der Waals surface area contributed by atoms with Crippen LogP contribution in [0.25, 0.3) is 0 Å². The minimum atomic E-state index is -0.133. The highest BCUT2D eigenvalue weighted by atomic mass is 19.1. The van der Waals surface area contributed by atoms with E-state index in [0.29, 0.717) is 6.04 Å². The van der Waals surface area contributed by atoms with Crippen molar-refractivity contribution in [1.82, 2.24) is 10.2 Å². The zero-order valence-corrected chi connectivity index (χ0v) is 10.7. The molecule has 0 spiro atoms. The molecule has 0 bridgehead atoms. The summed E-state index contributed by atoms with van der Waals surface area (Å²) < 4.78 is 13.2. The van der Waals surface area contributed by atoms with E-state index in [2.05, 4.69) is 24.1 Å². The van der Waals surface area contributed by atoms with Crippen molar-refractivity contribution in [3.63, 3.8) is 0 Å². The Labute approximate surface area is 103 Å². The van der Waals surface area contributed by atoms with E-state index in [4.69, 9.17) is 0 Å². The molecule has 2 rings (SSSR count). The zero-order chi connectivity index (χ0) is 12.3. The summed E-state index contributed by atoms with van der Waals surface area (Å²) in [5.41, 5.74) is 2.29. The smallest absolute Gasteiger partial charge is 0.123 e. The van der Waals surface area contributed by atoms with Crippen LogP contribution in [-0.2, 0) is 6.54 Å². The lowest BCUT2D eigenvalue weighted by Crippen LogP contribution is -2.34. The molecule has 1 aliphatic rings. The highest BCUT2D eigenvalue weighted by Gasteiger charge is 2.17. The summed E-state index contributed by atoms with van der Waals surface area (Å²) >= 11 is 0. The second-order valence-electron chi connectivity index (χ2n) is 4.93. The van der Waals surface area contributed by atoms with Crippen molar-refractivity contribution in [2.24, 2.45) is 0 Å². The van der Waals surface area contributed by atoms with E-state index in [1.165, 1.54) is 11.6 Å². The molecule has 2 nitrogen and oxygen atoms in total. The zero-order valence-electron chi connectivity index (χ0n) is 10.7. The van der Waals surface area contributed by atoms with E-state index in [1.54, 1.807) is 6.07 Å². The number of hydrogen-bond acceptors (Lipinski definition) is 2. The van der Waals surface area contributed by atoms with Crippen LogP contribution in [0, 0.1) is 12.7 Å². The minimum absolute atomic E-state index is 0.133. The summed E-state index contributed by atoms with van der Waals surface area (Å²) in [5, 5.41) is 3.40. The molecule has 17 heavy (non-hydrogen) atoms. The van der Waals surface area contributed by atoms with E-state index in [-0.39, 0.29) is 5.82 Å². The van der Waals surface area contributed by atoms with Gasteiger partial charge in [0, 0.05) is 25.7 Å². The average molecular weight is 236 g/mol. The fourth-order valence-electron chi connectivity index (χ4n) is 2.33. The molecule has 1 fully saturated rings. The third-order valence-electron chi connectivity index (χ3n) is 3.62. The summed E-state index contributed by atoms with van der Waals surface area (Å²) in [6, 6.07) is 5.63. The monoisotopic (exact) mass is 236 g/mol. The highest BCUT2D eigenvalue weighted by molar-refractivity contribution is 5.26. The maximum atomic E-state index is 13.2. The molecule has 1 heterocycles. The van der Waals surface area contributed by atoms with E-state index in [0.717, 1.165) is 38.2 Å². The first-order valence-corrected chi connectivity index (χ1v) is 6.36. The number of nitrogens with one attached hydrogen (secondary N) is 1. The number of nitrogens with zero attached hydrogens (tertiary/aromatic N) is 1. The standard InChI is InChI=1S/C14H21FN2/c1-11-3-4-14(15)9-13(11)10-17-8-7-16-6-5-12(17)2/h3-4,9,12,16H,5-8,10H2,1-2H3. The lowest BCUT2D eigenvalue weighted by atomic mass is 10.1. The Kier molecular flexibility index (Phi) is 4.13. The lowest BCUT2D eigenvalue weighted by Gasteiger charge is -2.27. The van der Waals surface area contributed by atoms with Crippen LogP contribution in [0.4, 0.5) is 4.39 Å². The number of rotatable bonds is 2. The SMILES string of the molecule is Cc1ccc(F)cc1CN1CCNCCC1C. The van der Waals surface area contributed by atoms with Gasteiger partial charge in [-0.05, 0) is 50.1 Å². The molecule has 1 atom stereocenters. The molecular weight excluding hydrogens is 215 g/mol. The number of halogens is 1. The molecule has 0 amide bonds. The van der Waals surface area contributed by atoms with Crippen molar-refractivity contribution < 1.29 is 4.39 Å². The van der Waals surface area contributed by atoms with Crippen LogP contribution in [0.5, 0.6) is 0 Å². The van der Waals surface area contributed by atoms with Crippen LogP contribution in [0.3, 0.4) is 0 Å². The molecule has 1 saturated heterocycles. The second kappa shape index (κ2) is 5.61. The predicted molar refractivity (Wildman–Crippen MR) is 68.5 cm³/mol. The Bertz CT molecular complexity index is 378. The molecule has 3 heteroatoms. The number of benzene rings is 1. The van der Waals surface area contributed by atoms with Crippen molar-refractivity contribution >= 4 is 0 Å². The van der Waals surface area contributed by atoms with Crippen molar-refractivity contribution in [2.45, 2.75) is 32.9 Å². The van der Waals surface area contributed by atoms with Gasteiger partial charge in [0.1, 0.15) is 5.82 Å². The fourth-order valence-corrected chi connectivity index (χ4v) is 2.33. The summed E-state index contributed by atoms with van der Waals surface area (Å²) in [7, 11) is 0. The fraction of sp³-hybridized carbons (Fsp3) is 0.571. The summed E-state index contributed by atoms with van der Waals surface area (Å²) in [5.74, 6) is -0.133. The Hall–Kier alpha value is -0.930. The predicted octanol–water partition coefficient (Wildman–Crippen LogP) is 2.32. The Morgan fingerprint density at radius 3 is 3.06 bits per heavy atom. The van der Waals surface area contributed by atoms with Crippen LogP contribution in [0.2, 0.25) is 0 Å². The normalized spacial score (nSPS) is 22.4. The molecule has 0 aromatic heterocycles. The summed E-state index contributed by atoms with van der Waals surface area (Å²) in [6.07, 6.45) is 1.16. The van der Waals surface area contributed by atoms with Crippen LogP contribution in [0.15, 0.2) is 18.2 Å². The molecule has 1 N–H and O–H groups in total.